The maximum atomic E-state index is 4.87. The number of aromatic nitrogens is 4. The Morgan fingerprint density at radius 3 is 1.53 bits per heavy atom. The van der Waals surface area contributed by atoms with Gasteiger partial charge in [-0.15, -0.1) is 0 Å². The third kappa shape index (κ3) is 3.63. The van der Waals surface area contributed by atoms with Gasteiger partial charge in [-0.3, -0.25) is 0 Å². The van der Waals surface area contributed by atoms with Crippen LogP contribution in [0.1, 0.15) is 49.4 Å². The van der Waals surface area contributed by atoms with Gasteiger partial charge in [-0.2, -0.15) is 0 Å². The summed E-state index contributed by atoms with van der Waals surface area (Å²) < 4.78 is 0. The summed E-state index contributed by atoms with van der Waals surface area (Å²) in [4.78, 5) is 16.9. The number of benzene rings is 4. The molecule has 8 rings (SSSR count). The van der Waals surface area contributed by atoms with Gasteiger partial charge in [0.1, 0.15) is 11.6 Å². The summed E-state index contributed by atoms with van der Waals surface area (Å²) in [6.45, 7) is 2.13. The fourth-order valence-electron chi connectivity index (χ4n) is 6.37. The van der Waals surface area contributed by atoms with Crippen LogP contribution in [0.2, 0.25) is 0 Å². The summed E-state index contributed by atoms with van der Waals surface area (Å²) in [6.07, 6.45) is 4.69. The molecule has 4 aromatic carbocycles. The van der Waals surface area contributed by atoms with Crippen molar-refractivity contribution in [3.8, 4) is 22.3 Å². The van der Waals surface area contributed by atoms with E-state index < -0.39 is 0 Å². The van der Waals surface area contributed by atoms with Crippen LogP contribution in [0.4, 0.5) is 0 Å². The summed E-state index contributed by atoms with van der Waals surface area (Å²) in [5.41, 5.74) is 9.11. The summed E-state index contributed by atoms with van der Waals surface area (Å²) >= 11 is 0. The van der Waals surface area contributed by atoms with Crippen LogP contribution < -0.4 is 10.6 Å². The first-order valence-corrected chi connectivity index (χ1v) is 13.8. The second kappa shape index (κ2) is 8.79. The molecule has 2 saturated heterocycles. The second-order valence-corrected chi connectivity index (χ2v) is 10.7. The molecule has 2 unspecified atom stereocenters. The Balaban J connectivity index is 1.20. The Morgan fingerprint density at radius 1 is 0.579 bits per heavy atom. The molecule has 0 amide bonds. The number of hydrogen-bond acceptors (Lipinski definition) is 4. The summed E-state index contributed by atoms with van der Waals surface area (Å²) in [7, 11) is 0. The number of nitrogens with zero attached hydrogens (tertiary/aromatic N) is 2. The van der Waals surface area contributed by atoms with E-state index in [0.717, 1.165) is 59.6 Å². The topological polar surface area (TPSA) is 81.4 Å². The standard InChI is InChI=1S/C32H30N6/c1-5-21(19-11-13-25-29(17-19)37-31(35-25)27-9-3-15-33-27)24-8-2-6-22(23(24)7-1)20-12-14-26-30(18-20)38-32(36-26)28-10-4-16-34-28/h1-2,5-8,11-14,17-18,27-28,33-34H,3-4,9-10,15-16H2,(H,35,37)(H,36,38). The minimum Gasteiger partial charge on any atom is -0.341 e. The molecule has 0 spiro atoms. The van der Waals surface area contributed by atoms with Gasteiger partial charge in [0.05, 0.1) is 34.2 Å². The van der Waals surface area contributed by atoms with Gasteiger partial charge in [0.25, 0.3) is 0 Å². The van der Waals surface area contributed by atoms with E-state index in [1.165, 1.54) is 45.9 Å². The molecule has 2 aromatic heterocycles. The van der Waals surface area contributed by atoms with E-state index >= 15 is 0 Å². The van der Waals surface area contributed by atoms with Gasteiger partial charge in [0.2, 0.25) is 0 Å². The molecular weight excluding hydrogens is 468 g/mol. The normalized spacial score (nSPS) is 19.8. The van der Waals surface area contributed by atoms with Crippen LogP contribution in [-0.4, -0.2) is 33.0 Å². The van der Waals surface area contributed by atoms with Crippen molar-refractivity contribution in [3.05, 3.63) is 84.4 Å². The first kappa shape index (κ1) is 22.0. The van der Waals surface area contributed by atoms with Crippen LogP contribution >= 0.6 is 0 Å². The number of H-pyrrole nitrogens is 2. The van der Waals surface area contributed by atoms with Crippen molar-refractivity contribution < 1.29 is 0 Å². The Hall–Kier alpha value is -4.00. The smallest absolute Gasteiger partial charge is 0.124 e. The zero-order chi connectivity index (χ0) is 25.1. The van der Waals surface area contributed by atoms with Gasteiger partial charge in [0.15, 0.2) is 0 Å². The quantitative estimate of drug-likeness (QED) is 0.216. The van der Waals surface area contributed by atoms with Crippen molar-refractivity contribution in [1.29, 1.82) is 0 Å². The molecule has 4 N–H and O–H groups in total. The number of nitrogens with one attached hydrogen (secondary N) is 4. The minimum atomic E-state index is 0.337. The van der Waals surface area contributed by atoms with Gasteiger partial charge in [-0.25, -0.2) is 9.97 Å². The molecule has 0 saturated carbocycles. The van der Waals surface area contributed by atoms with Crippen LogP contribution in [0, 0.1) is 0 Å². The first-order chi connectivity index (χ1) is 18.8. The fraction of sp³-hybridized carbons (Fsp3) is 0.250. The molecular formula is C32H30N6. The Labute approximate surface area is 220 Å². The molecule has 6 heteroatoms. The molecule has 2 fully saturated rings. The SMILES string of the molecule is c1cc(-c2ccc3nc(C4CCCN4)[nH]c3c2)c2cccc(-c3ccc4nc(C5CCCN5)[nH]c4c3)c2c1. The average Bonchev–Trinajstić information content (AvgIpc) is 3.77. The average molecular weight is 499 g/mol. The van der Waals surface area contributed by atoms with Gasteiger partial charge in [-0.1, -0.05) is 48.5 Å². The van der Waals surface area contributed by atoms with Gasteiger partial charge >= 0.3 is 0 Å². The number of rotatable bonds is 4. The van der Waals surface area contributed by atoms with Gasteiger partial charge in [0, 0.05) is 0 Å². The maximum Gasteiger partial charge on any atom is 0.124 e. The van der Waals surface area contributed by atoms with E-state index in [1.807, 2.05) is 0 Å². The summed E-state index contributed by atoms with van der Waals surface area (Å²) in [5, 5.41) is 9.60. The van der Waals surface area contributed by atoms with E-state index in [2.05, 4.69) is 93.4 Å². The van der Waals surface area contributed by atoms with Crippen molar-refractivity contribution in [2.24, 2.45) is 0 Å². The highest BCUT2D eigenvalue weighted by atomic mass is 15.0. The van der Waals surface area contributed by atoms with Crippen LogP contribution in [0.3, 0.4) is 0 Å². The van der Waals surface area contributed by atoms with Gasteiger partial charge in [-0.05, 0) is 96.1 Å². The number of imidazole rings is 2. The second-order valence-electron chi connectivity index (χ2n) is 10.7. The Morgan fingerprint density at radius 2 is 1.08 bits per heavy atom. The summed E-state index contributed by atoms with van der Waals surface area (Å²) in [6, 6.07) is 27.1. The lowest BCUT2D eigenvalue weighted by Gasteiger charge is -2.11. The molecule has 6 nitrogen and oxygen atoms in total. The highest BCUT2D eigenvalue weighted by Crippen LogP contribution is 2.37. The summed E-state index contributed by atoms with van der Waals surface area (Å²) in [5.74, 6) is 2.10. The Bertz CT molecular complexity index is 1670. The molecule has 6 aromatic rings. The molecule has 38 heavy (non-hydrogen) atoms. The molecule has 0 radical (unpaired) electrons. The van der Waals surface area contributed by atoms with Crippen molar-refractivity contribution >= 4 is 32.8 Å². The molecule has 2 atom stereocenters. The zero-order valence-electron chi connectivity index (χ0n) is 21.2. The fourth-order valence-corrected chi connectivity index (χ4v) is 6.37. The molecule has 2 aliphatic heterocycles. The first-order valence-electron chi connectivity index (χ1n) is 13.8. The van der Waals surface area contributed by atoms with Crippen molar-refractivity contribution in [3.63, 3.8) is 0 Å². The Kier molecular flexibility index (Phi) is 5.10. The molecule has 0 aliphatic carbocycles. The van der Waals surface area contributed by atoms with E-state index in [-0.39, 0.29) is 0 Å². The molecule has 0 bridgehead atoms. The van der Waals surface area contributed by atoms with E-state index in [9.17, 15) is 0 Å². The van der Waals surface area contributed by atoms with Crippen LogP contribution in [0.15, 0.2) is 72.8 Å². The maximum absolute atomic E-state index is 4.87. The number of aromatic amines is 2. The minimum absolute atomic E-state index is 0.337. The highest BCUT2D eigenvalue weighted by Gasteiger charge is 2.21. The van der Waals surface area contributed by atoms with Crippen molar-refractivity contribution in [2.45, 2.75) is 37.8 Å². The predicted octanol–water partition coefficient (Wildman–Crippen LogP) is 6.78. The largest absolute Gasteiger partial charge is 0.341 e. The van der Waals surface area contributed by atoms with E-state index in [1.54, 1.807) is 0 Å². The van der Waals surface area contributed by atoms with Crippen LogP contribution in [0.25, 0.3) is 55.1 Å². The van der Waals surface area contributed by atoms with E-state index in [4.69, 9.17) is 9.97 Å². The molecule has 188 valence electrons. The number of hydrogen-bond donors (Lipinski definition) is 4. The monoisotopic (exact) mass is 498 g/mol. The zero-order valence-corrected chi connectivity index (χ0v) is 21.2. The number of fused-ring (bicyclic) bond motifs is 3. The molecule has 4 heterocycles. The van der Waals surface area contributed by atoms with Crippen molar-refractivity contribution in [1.82, 2.24) is 30.6 Å². The third-order valence-corrected chi connectivity index (χ3v) is 8.33. The van der Waals surface area contributed by atoms with Gasteiger partial charge < -0.3 is 20.6 Å². The predicted molar refractivity (Wildman–Crippen MR) is 154 cm³/mol. The van der Waals surface area contributed by atoms with Crippen LogP contribution in [-0.2, 0) is 0 Å². The third-order valence-electron chi connectivity index (χ3n) is 8.33. The lowest BCUT2D eigenvalue weighted by molar-refractivity contribution is 0.614. The van der Waals surface area contributed by atoms with Crippen molar-refractivity contribution in [2.75, 3.05) is 13.1 Å². The van der Waals surface area contributed by atoms with Crippen LogP contribution in [0.5, 0.6) is 0 Å². The lowest BCUT2D eigenvalue weighted by Crippen LogP contribution is -2.13. The van der Waals surface area contributed by atoms with E-state index in [0.29, 0.717) is 12.1 Å². The highest BCUT2D eigenvalue weighted by molar-refractivity contribution is 6.05. The molecule has 2 aliphatic rings. The lowest BCUT2D eigenvalue weighted by atomic mass is 9.93.